The molecule has 54 valence electrons. The van der Waals surface area contributed by atoms with Crippen LogP contribution < -0.4 is 16.4 Å². The molecule has 0 radical (unpaired) electrons. The fourth-order valence-corrected chi connectivity index (χ4v) is 0.745. The monoisotopic (exact) mass is 156 g/mol. The summed E-state index contributed by atoms with van der Waals surface area (Å²) in [7, 11) is 0.758. The van der Waals surface area contributed by atoms with Gasteiger partial charge in [-0.25, -0.2) is 0 Å². The average Bonchev–Trinajstić information content (AvgIpc) is 1.85. The molecule has 0 saturated carbocycles. The quantitative estimate of drug-likeness (QED) is 0.396. The van der Waals surface area contributed by atoms with Gasteiger partial charge in [0.15, 0.2) is 0 Å². The Bertz CT molecular complexity index is 216. The van der Waals surface area contributed by atoms with Gasteiger partial charge < -0.3 is 16.4 Å². The van der Waals surface area contributed by atoms with E-state index in [2.05, 4.69) is 19.9 Å². The Morgan fingerprint density at radius 2 is 1.60 bits per heavy atom. The van der Waals surface area contributed by atoms with Crippen molar-refractivity contribution in [2.75, 3.05) is 16.4 Å². The Balaban J connectivity index is 3.06. The molecular weight excluding hydrogens is 148 g/mol. The zero-order chi connectivity index (χ0) is 7.56. The van der Waals surface area contributed by atoms with E-state index >= 15 is 0 Å². The first kappa shape index (κ1) is 6.74. The molecule has 10 heavy (non-hydrogen) atoms. The number of hydrogen-bond acceptors (Lipinski definition) is 6. The van der Waals surface area contributed by atoms with Crippen LogP contribution >= 0.6 is 0 Å². The summed E-state index contributed by atoms with van der Waals surface area (Å²) in [5.41, 5.74) is 10.5. The van der Waals surface area contributed by atoms with Gasteiger partial charge in [-0.1, -0.05) is 0 Å². The molecule has 0 amide bonds. The van der Waals surface area contributed by atoms with Gasteiger partial charge in [-0.2, -0.15) is 15.0 Å². The van der Waals surface area contributed by atoms with Gasteiger partial charge in [0.2, 0.25) is 17.8 Å². The molecule has 6 nitrogen and oxygen atoms in total. The van der Waals surface area contributed by atoms with Crippen LogP contribution in [0.15, 0.2) is 0 Å². The third kappa shape index (κ3) is 1.32. The van der Waals surface area contributed by atoms with Crippen LogP contribution in [0.4, 0.5) is 17.8 Å². The van der Waals surface area contributed by atoms with E-state index in [1.165, 1.54) is 0 Å². The Labute approximate surface area is 60.6 Å². The van der Waals surface area contributed by atoms with Crippen LogP contribution in [0.25, 0.3) is 0 Å². The molecule has 0 aliphatic carbocycles. The van der Waals surface area contributed by atoms with E-state index in [-0.39, 0.29) is 11.9 Å². The summed E-state index contributed by atoms with van der Waals surface area (Å²) in [5, 5.41) is 0. The molecule has 5 N–H and O–H groups in total. The molecule has 1 aromatic rings. The van der Waals surface area contributed by atoms with Gasteiger partial charge in [-0.3, -0.25) is 0 Å². The molecule has 0 aliphatic heterocycles. The van der Waals surface area contributed by atoms with Crippen molar-refractivity contribution in [3.05, 3.63) is 0 Å². The van der Waals surface area contributed by atoms with Crippen molar-refractivity contribution in [3.8, 4) is 0 Å². The Morgan fingerprint density at radius 1 is 1.10 bits per heavy atom. The summed E-state index contributed by atoms with van der Waals surface area (Å²) in [5.74, 6) is 0.730. The van der Waals surface area contributed by atoms with E-state index < -0.39 is 0 Å². The molecule has 0 atom stereocenters. The van der Waals surface area contributed by atoms with Crippen molar-refractivity contribution in [1.82, 2.24) is 15.0 Å². The third-order valence-electron chi connectivity index (χ3n) is 0.894. The SMILES string of the molecule is Nc1nc(N)nc(N[SiH3])n1. The minimum absolute atomic E-state index is 0.144. The van der Waals surface area contributed by atoms with Crippen molar-refractivity contribution in [2.24, 2.45) is 0 Å². The lowest BCUT2D eigenvalue weighted by Crippen LogP contribution is -2.06. The van der Waals surface area contributed by atoms with Gasteiger partial charge >= 0.3 is 0 Å². The minimum Gasteiger partial charge on any atom is -0.389 e. The molecule has 0 bridgehead atoms. The summed E-state index contributed by atoms with van der Waals surface area (Å²) < 4.78 is 0. The lowest BCUT2D eigenvalue weighted by atomic mass is 10.8. The number of hydrogen-bond donors (Lipinski definition) is 3. The van der Waals surface area contributed by atoms with Crippen molar-refractivity contribution in [2.45, 2.75) is 0 Å². The molecular formula is C3H8N6Si. The van der Waals surface area contributed by atoms with Crippen LogP contribution in [0.3, 0.4) is 0 Å². The first-order valence-corrected chi connectivity index (χ1v) is 3.67. The van der Waals surface area contributed by atoms with Gasteiger partial charge in [0, 0.05) is 0 Å². The fraction of sp³-hybridized carbons (Fsp3) is 0. The topological polar surface area (TPSA) is 103 Å². The second kappa shape index (κ2) is 2.48. The molecule has 0 spiro atoms. The smallest absolute Gasteiger partial charge is 0.226 e. The van der Waals surface area contributed by atoms with Crippen molar-refractivity contribution in [3.63, 3.8) is 0 Å². The molecule has 1 rings (SSSR count). The van der Waals surface area contributed by atoms with Gasteiger partial charge in [0.1, 0.15) is 10.4 Å². The molecule has 1 aromatic heterocycles. The molecule has 0 fully saturated rings. The van der Waals surface area contributed by atoms with Crippen LogP contribution in [0.2, 0.25) is 0 Å². The standard InChI is InChI=1S/C3H8N6Si/c4-1-6-2(5)8-3(7-1)9-10/h10H3,(H5,4,5,6,7,8,9). The van der Waals surface area contributed by atoms with E-state index in [0.717, 1.165) is 10.4 Å². The number of nitrogens with zero attached hydrogens (tertiary/aromatic N) is 3. The van der Waals surface area contributed by atoms with E-state index in [1.54, 1.807) is 0 Å². The van der Waals surface area contributed by atoms with Crippen molar-refractivity contribution < 1.29 is 0 Å². The molecule has 0 aromatic carbocycles. The zero-order valence-corrected chi connectivity index (χ0v) is 7.50. The summed E-state index contributed by atoms with van der Waals surface area (Å²) in [4.78, 5) is 13.9. The maximum atomic E-state index is 5.27. The highest BCUT2D eigenvalue weighted by atomic mass is 28.2. The van der Waals surface area contributed by atoms with Crippen LogP contribution in [-0.4, -0.2) is 25.4 Å². The Hall–Kier alpha value is -1.37. The van der Waals surface area contributed by atoms with Crippen LogP contribution in [0.5, 0.6) is 0 Å². The number of anilines is 3. The second-order valence-corrected chi connectivity index (χ2v) is 2.13. The average molecular weight is 156 g/mol. The maximum Gasteiger partial charge on any atom is 0.226 e. The van der Waals surface area contributed by atoms with Crippen molar-refractivity contribution >= 4 is 28.2 Å². The van der Waals surface area contributed by atoms with Crippen molar-refractivity contribution in [1.29, 1.82) is 0 Å². The van der Waals surface area contributed by atoms with Gasteiger partial charge in [-0.05, 0) is 0 Å². The summed E-state index contributed by atoms with van der Waals surface area (Å²) in [6.07, 6.45) is 0. The largest absolute Gasteiger partial charge is 0.389 e. The second-order valence-electron chi connectivity index (χ2n) is 1.63. The molecule has 0 aliphatic rings. The first-order chi connectivity index (χ1) is 4.72. The zero-order valence-electron chi connectivity index (χ0n) is 5.50. The first-order valence-electron chi connectivity index (χ1n) is 2.67. The highest BCUT2D eigenvalue weighted by Crippen LogP contribution is 2.00. The van der Waals surface area contributed by atoms with E-state index in [9.17, 15) is 0 Å². The maximum absolute atomic E-state index is 5.27. The summed E-state index contributed by atoms with van der Waals surface area (Å²) in [6.45, 7) is 0. The molecule has 0 saturated heterocycles. The Kier molecular flexibility index (Phi) is 1.67. The van der Waals surface area contributed by atoms with Crippen LogP contribution in [0.1, 0.15) is 0 Å². The predicted octanol–water partition coefficient (Wildman–Crippen LogP) is -2.27. The highest BCUT2D eigenvalue weighted by Gasteiger charge is 1.96. The molecule has 0 unspecified atom stereocenters. The highest BCUT2D eigenvalue weighted by molar-refractivity contribution is 6.15. The predicted molar refractivity (Wildman–Crippen MR) is 42.2 cm³/mol. The van der Waals surface area contributed by atoms with Gasteiger partial charge in [0.05, 0.1) is 0 Å². The van der Waals surface area contributed by atoms with E-state index in [1.807, 2.05) is 0 Å². The number of rotatable bonds is 1. The lowest BCUT2D eigenvalue weighted by molar-refractivity contribution is 1.09. The lowest BCUT2D eigenvalue weighted by Gasteiger charge is -1.98. The number of nitrogen functional groups attached to an aromatic ring is 2. The normalized spacial score (nSPS) is 9.60. The summed E-state index contributed by atoms with van der Waals surface area (Å²) >= 11 is 0. The van der Waals surface area contributed by atoms with Gasteiger partial charge in [-0.15, -0.1) is 0 Å². The van der Waals surface area contributed by atoms with Crippen LogP contribution in [0, 0.1) is 0 Å². The van der Waals surface area contributed by atoms with Gasteiger partial charge in [0.25, 0.3) is 0 Å². The fourth-order valence-electron chi connectivity index (χ4n) is 0.521. The molecule has 7 heteroatoms. The van der Waals surface area contributed by atoms with Crippen LogP contribution in [-0.2, 0) is 0 Å². The number of nitrogens with one attached hydrogen (secondary N) is 1. The van der Waals surface area contributed by atoms with E-state index in [4.69, 9.17) is 11.5 Å². The third-order valence-corrected chi connectivity index (χ3v) is 1.34. The minimum atomic E-state index is 0.144. The Morgan fingerprint density at radius 3 is 2.00 bits per heavy atom. The number of aromatic nitrogens is 3. The van der Waals surface area contributed by atoms with E-state index in [0.29, 0.717) is 5.95 Å². The number of nitrogens with two attached hydrogens (primary N) is 2. The summed E-state index contributed by atoms with van der Waals surface area (Å²) in [6, 6.07) is 0. The molecule has 1 heterocycles.